The number of carbonyl (C=O) groups excluding carboxylic acids is 2. The van der Waals surface area contributed by atoms with E-state index < -0.39 is 28.2 Å². The number of nitro groups is 1. The largest absolute Gasteiger partial charge is 0.500 e. The van der Waals surface area contributed by atoms with Crippen LogP contribution in [0.3, 0.4) is 0 Å². The van der Waals surface area contributed by atoms with Gasteiger partial charge in [-0.3, -0.25) is 29.9 Å². The smallest absolute Gasteiger partial charge is 0.315 e. The zero-order valence-electron chi connectivity index (χ0n) is 12.0. The number of benzene rings is 1. The van der Waals surface area contributed by atoms with Gasteiger partial charge in [-0.05, 0) is 29.9 Å². The summed E-state index contributed by atoms with van der Waals surface area (Å²) in [4.78, 5) is 35.2. The third kappa shape index (κ3) is 2.97. The normalized spacial score (nSPS) is 16.5. The van der Waals surface area contributed by atoms with Crippen molar-refractivity contribution >= 4 is 40.9 Å². The molecule has 9 nitrogen and oxygen atoms in total. The zero-order valence-corrected chi connectivity index (χ0v) is 12.8. The first-order valence-electron chi connectivity index (χ1n) is 6.16. The molecule has 10 heteroatoms. The Balaban J connectivity index is 2.56. The molecule has 1 aromatic carbocycles. The number of amides is 2. The number of rotatable bonds is 3. The van der Waals surface area contributed by atoms with Crippen molar-refractivity contribution in [3.05, 3.63) is 33.4 Å². The maximum Gasteiger partial charge on any atom is 0.315 e. The number of hydrogen-bond donors (Lipinski definition) is 2. The first-order valence-corrected chi connectivity index (χ1v) is 6.57. The van der Waals surface area contributed by atoms with Crippen LogP contribution in [-0.2, 0) is 9.59 Å². The highest BCUT2D eigenvalue weighted by Gasteiger charge is 2.31. The first-order chi connectivity index (χ1) is 10.8. The van der Waals surface area contributed by atoms with Crippen LogP contribution in [0.5, 0.6) is 11.5 Å². The summed E-state index contributed by atoms with van der Waals surface area (Å²) < 4.78 is 4.86. The molecule has 1 aliphatic rings. The van der Waals surface area contributed by atoms with Crippen LogP contribution in [0, 0.1) is 10.1 Å². The first kappa shape index (κ1) is 16.4. The molecular formula is C13H11N3O6S. The van der Waals surface area contributed by atoms with Crippen LogP contribution in [0.1, 0.15) is 5.56 Å². The van der Waals surface area contributed by atoms with Crippen molar-refractivity contribution in [3.63, 3.8) is 0 Å². The van der Waals surface area contributed by atoms with Crippen molar-refractivity contribution in [2.24, 2.45) is 0 Å². The van der Waals surface area contributed by atoms with Gasteiger partial charge < -0.3 is 9.84 Å². The van der Waals surface area contributed by atoms with Crippen LogP contribution in [0.15, 0.2) is 17.7 Å². The van der Waals surface area contributed by atoms with E-state index in [1.807, 2.05) is 0 Å². The summed E-state index contributed by atoms with van der Waals surface area (Å²) in [6, 6.07) is 2.29. The molecule has 1 aromatic rings. The number of phenolic OH excluding ortho intramolecular Hbond substituents is 1. The molecule has 0 radical (unpaired) electrons. The lowest BCUT2D eigenvalue weighted by Gasteiger charge is -2.25. The van der Waals surface area contributed by atoms with Crippen molar-refractivity contribution in [1.82, 2.24) is 10.2 Å². The third-order valence-electron chi connectivity index (χ3n) is 3.11. The fourth-order valence-corrected chi connectivity index (χ4v) is 2.08. The topological polar surface area (TPSA) is 122 Å². The second kappa shape index (κ2) is 6.01. The average molecular weight is 337 g/mol. The monoisotopic (exact) mass is 337 g/mol. The average Bonchev–Trinajstić information content (AvgIpc) is 2.50. The molecule has 120 valence electrons. The molecule has 0 atom stereocenters. The Morgan fingerprint density at radius 1 is 1.43 bits per heavy atom. The highest BCUT2D eigenvalue weighted by Crippen LogP contribution is 2.37. The summed E-state index contributed by atoms with van der Waals surface area (Å²) >= 11 is 4.82. The zero-order chi connectivity index (χ0) is 17.3. The van der Waals surface area contributed by atoms with Crippen LogP contribution < -0.4 is 10.1 Å². The predicted molar refractivity (Wildman–Crippen MR) is 82.8 cm³/mol. The number of carbonyl (C=O) groups is 2. The van der Waals surface area contributed by atoms with E-state index in [0.29, 0.717) is 0 Å². The number of nitrogens with zero attached hydrogens (tertiary/aromatic N) is 2. The molecular weight excluding hydrogens is 326 g/mol. The molecule has 0 aliphatic carbocycles. The van der Waals surface area contributed by atoms with E-state index >= 15 is 0 Å². The number of aromatic hydroxyl groups is 1. The summed E-state index contributed by atoms with van der Waals surface area (Å²) in [5.74, 6) is -2.16. The van der Waals surface area contributed by atoms with Crippen molar-refractivity contribution in [2.75, 3.05) is 14.2 Å². The standard InChI is InChI=1S/C13H11N3O6S/c1-15-12(19)7(11(18)14-13(15)23)3-6-4-8(16(20)21)10(17)9(5-6)22-2/h3-5,17H,1-2H3,(H,14,18,23)/b7-3+. The number of methoxy groups -OCH3 is 1. The van der Waals surface area contributed by atoms with Crippen molar-refractivity contribution in [3.8, 4) is 11.5 Å². The highest BCUT2D eigenvalue weighted by molar-refractivity contribution is 7.80. The predicted octanol–water partition coefficient (Wildman–Crippen LogP) is 0.565. The Morgan fingerprint density at radius 3 is 2.65 bits per heavy atom. The van der Waals surface area contributed by atoms with Gasteiger partial charge in [0, 0.05) is 13.1 Å². The van der Waals surface area contributed by atoms with Gasteiger partial charge in [-0.25, -0.2) is 0 Å². The van der Waals surface area contributed by atoms with Gasteiger partial charge in [-0.15, -0.1) is 0 Å². The minimum absolute atomic E-state index is 0.0357. The highest BCUT2D eigenvalue weighted by atomic mass is 32.1. The Hall–Kier alpha value is -3.01. The molecule has 1 heterocycles. The van der Waals surface area contributed by atoms with Gasteiger partial charge in [-0.2, -0.15) is 0 Å². The lowest BCUT2D eigenvalue weighted by Crippen LogP contribution is -2.52. The van der Waals surface area contributed by atoms with E-state index in [0.717, 1.165) is 17.0 Å². The molecule has 2 amide bonds. The minimum atomic E-state index is -0.802. The second-order valence-corrected chi connectivity index (χ2v) is 4.92. The summed E-state index contributed by atoms with van der Waals surface area (Å²) in [6.07, 6.45) is 1.16. The van der Waals surface area contributed by atoms with Crippen LogP contribution in [0.25, 0.3) is 6.08 Å². The summed E-state index contributed by atoms with van der Waals surface area (Å²) in [6.45, 7) is 0. The number of phenols is 1. The maximum atomic E-state index is 12.1. The maximum absolute atomic E-state index is 12.1. The molecule has 23 heavy (non-hydrogen) atoms. The molecule has 1 aliphatic heterocycles. The van der Waals surface area contributed by atoms with Gasteiger partial charge in [-0.1, -0.05) is 0 Å². The number of hydrogen-bond acceptors (Lipinski definition) is 7. The molecule has 2 N–H and O–H groups in total. The van der Waals surface area contributed by atoms with Crippen LogP contribution >= 0.6 is 12.2 Å². The minimum Gasteiger partial charge on any atom is -0.500 e. The van der Waals surface area contributed by atoms with E-state index in [4.69, 9.17) is 17.0 Å². The lowest BCUT2D eigenvalue weighted by atomic mass is 10.1. The molecule has 0 bridgehead atoms. The van der Waals surface area contributed by atoms with E-state index in [2.05, 4.69) is 5.32 Å². The van der Waals surface area contributed by atoms with E-state index in [1.54, 1.807) is 0 Å². The van der Waals surface area contributed by atoms with Crippen molar-refractivity contribution in [2.45, 2.75) is 0 Å². The lowest BCUT2D eigenvalue weighted by molar-refractivity contribution is -0.386. The van der Waals surface area contributed by atoms with Gasteiger partial charge in [0.25, 0.3) is 11.8 Å². The molecule has 1 saturated heterocycles. The van der Waals surface area contributed by atoms with Crippen LogP contribution in [0.4, 0.5) is 5.69 Å². The van der Waals surface area contributed by atoms with Gasteiger partial charge in [0.1, 0.15) is 5.57 Å². The summed E-state index contributed by atoms with van der Waals surface area (Å²) in [7, 11) is 2.61. The Morgan fingerprint density at radius 2 is 2.09 bits per heavy atom. The van der Waals surface area contributed by atoms with E-state index in [9.17, 15) is 24.8 Å². The number of likely N-dealkylation sites (N-methyl/N-ethyl adjacent to an activating group) is 1. The van der Waals surface area contributed by atoms with Crippen LogP contribution in [-0.4, -0.2) is 46.0 Å². The number of ether oxygens (including phenoxy) is 1. The number of nitrogens with one attached hydrogen (secondary N) is 1. The van der Waals surface area contributed by atoms with E-state index in [1.165, 1.54) is 20.2 Å². The molecule has 1 fully saturated rings. The molecule has 2 rings (SSSR count). The van der Waals surface area contributed by atoms with Gasteiger partial charge >= 0.3 is 5.69 Å². The van der Waals surface area contributed by atoms with Crippen molar-refractivity contribution in [1.29, 1.82) is 0 Å². The summed E-state index contributed by atoms with van der Waals surface area (Å²) in [5.41, 5.74) is -0.710. The molecule has 0 spiro atoms. The second-order valence-electron chi connectivity index (χ2n) is 4.53. The molecule has 0 unspecified atom stereocenters. The fourth-order valence-electron chi connectivity index (χ4n) is 1.90. The Bertz CT molecular complexity index is 773. The Labute approximate surface area is 135 Å². The third-order valence-corrected chi connectivity index (χ3v) is 3.49. The quantitative estimate of drug-likeness (QED) is 0.272. The summed E-state index contributed by atoms with van der Waals surface area (Å²) in [5, 5.41) is 23.0. The van der Waals surface area contributed by atoms with Crippen molar-refractivity contribution < 1.29 is 24.4 Å². The van der Waals surface area contributed by atoms with Gasteiger partial charge in [0.15, 0.2) is 10.9 Å². The Kier molecular flexibility index (Phi) is 4.27. The van der Waals surface area contributed by atoms with Gasteiger partial charge in [0.05, 0.1) is 12.0 Å². The van der Waals surface area contributed by atoms with Crippen LogP contribution in [0.2, 0.25) is 0 Å². The van der Waals surface area contributed by atoms with E-state index in [-0.39, 0.29) is 22.0 Å². The number of thiocarbonyl (C=S) groups is 1. The van der Waals surface area contributed by atoms with Gasteiger partial charge in [0.2, 0.25) is 5.75 Å². The fraction of sp³-hybridized carbons (Fsp3) is 0.154. The SMILES string of the molecule is COc1cc(/C=C2\C(=O)NC(=S)N(C)C2=O)cc([N+](=O)[O-])c1O. The molecule has 0 aromatic heterocycles. The molecule has 0 saturated carbocycles. The number of nitro benzene ring substituents is 1.